The van der Waals surface area contributed by atoms with Crippen molar-refractivity contribution in [1.82, 2.24) is 0 Å². The van der Waals surface area contributed by atoms with E-state index in [1.54, 1.807) is 23.9 Å². The molecule has 0 saturated heterocycles. The van der Waals surface area contributed by atoms with Crippen molar-refractivity contribution < 1.29 is 14.7 Å². The van der Waals surface area contributed by atoms with Crippen LogP contribution in [0.1, 0.15) is 31.1 Å². The molecule has 0 bridgehead atoms. The molecule has 0 aliphatic carbocycles. The SMILES string of the molecule is CC(C)(C)SCC(=O)Nc1ccc(C(=O)O)cc1. The first-order chi connectivity index (χ1) is 8.28. The van der Waals surface area contributed by atoms with Crippen molar-refractivity contribution in [2.75, 3.05) is 11.1 Å². The van der Waals surface area contributed by atoms with Gasteiger partial charge in [-0.15, -0.1) is 11.8 Å². The summed E-state index contributed by atoms with van der Waals surface area (Å²) in [5.74, 6) is -0.682. The lowest BCUT2D eigenvalue weighted by Crippen LogP contribution is -2.18. The van der Waals surface area contributed by atoms with Gasteiger partial charge in [0.15, 0.2) is 0 Å². The van der Waals surface area contributed by atoms with Crippen LogP contribution in [0.25, 0.3) is 0 Å². The summed E-state index contributed by atoms with van der Waals surface area (Å²) in [7, 11) is 0. The molecule has 0 saturated carbocycles. The van der Waals surface area contributed by atoms with Crippen molar-refractivity contribution in [2.45, 2.75) is 25.5 Å². The minimum Gasteiger partial charge on any atom is -0.478 e. The fourth-order valence-corrected chi connectivity index (χ4v) is 1.81. The summed E-state index contributed by atoms with van der Waals surface area (Å²) < 4.78 is 0.0461. The molecule has 0 spiro atoms. The van der Waals surface area contributed by atoms with Gasteiger partial charge in [0.1, 0.15) is 0 Å². The van der Waals surface area contributed by atoms with Crippen LogP contribution in [0.3, 0.4) is 0 Å². The van der Waals surface area contributed by atoms with Crippen molar-refractivity contribution >= 4 is 29.3 Å². The standard InChI is InChI=1S/C13H17NO3S/c1-13(2,3)18-8-11(15)14-10-6-4-9(5-7-10)12(16)17/h4-7H,8H2,1-3H3,(H,14,15)(H,16,17). The molecule has 18 heavy (non-hydrogen) atoms. The summed E-state index contributed by atoms with van der Waals surface area (Å²) in [6.45, 7) is 6.14. The number of anilines is 1. The van der Waals surface area contributed by atoms with E-state index in [1.807, 2.05) is 20.8 Å². The lowest BCUT2D eigenvalue weighted by atomic mass is 10.2. The Labute approximate surface area is 111 Å². The summed E-state index contributed by atoms with van der Waals surface area (Å²) in [4.78, 5) is 22.3. The fraction of sp³-hybridized carbons (Fsp3) is 0.385. The van der Waals surface area contributed by atoms with Crippen LogP contribution < -0.4 is 5.32 Å². The van der Waals surface area contributed by atoms with Gasteiger partial charge in [0, 0.05) is 10.4 Å². The van der Waals surface area contributed by atoms with Gasteiger partial charge in [-0.1, -0.05) is 20.8 Å². The van der Waals surface area contributed by atoms with Gasteiger partial charge < -0.3 is 10.4 Å². The van der Waals surface area contributed by atoms with E-state index in [-0.39, 0.29) is 16.2 Å². The molecule has 2 N–H and O–H groups in total. The van der Waals surface area contributed by atoms with Crippen LogP contribution >= 0.6 is 11.8 Å². The van der Waals surface area contributed by atoms with Crippen molar-refractivity contribution in [3.05, 3.63) is 29.8 Å². The zero-order chi connectivity index (χ0) is 13.8. The van der Waals surface area contributed by atoms with Gasteiger partial charge in [-0.05, 0) is 24.3 Å². The van der Waals surface area contributed by atoms with Gasteiger partial charge in [-0.3, -0.25) is 4.79 Å². The molecule has 0 aliphatic rings. The van der Waals surface area contributed by atoms with Gasteiger partial charge >= 0.3 is 5.97 Å². The molecule has 0 heterocycles. The number of rotatable bonds is 4. The maximum atomic E-state index is 11.6. The van der Waals surface area contributed by atoms with Crippen molar-refractivity contribution in [3.8, 4) is 0 Å². The smallest absolute Gasteiger partial charge is 0.335 e. The average Bonchev–Trinajstić information content (AvgIpc) is 2.26. The number of benzene rings is 1. The molecular weight excluding hydrogens is 250 g/mol. The minimum absolute atomic E-state index is 0.0461. The lowest BCUT2D eigenvalue weighted by Gasteiger charge is -2.16. The zero-order valence-corrected chi connectivity index (χ0v) is 11.5. The van der Waals surface area contributed by atoms with Crippen LogP contribution in [0.2, 0.25) is 0 Å². The Morgan fingerprint density at radius 2 is 1.78 bits per heavy atom. The van der Waals surface area contributed by atoms with Crippen LogP contribution in [0, 0.1) is 0 Å². The predicted molar refractivity (Wildman–Crippen MR) is 74.2 cm³/mol. The first-order valence-electron chi connectivity index (χ1n) is 5.55. The number of hydrogen-bond donors (Lipinski definition) is 2. The summed E-state index contributed by atoms with van der Waals surface area (Å²) in [5, 5.41) is 11.5. The Kier molecular flexibility index (Phi) is 4.78. The molecule has 0 fully saturated rings. The quantitative estimate of drug-likeness (QED) is 0.880. The molecule has 0 aliphatic heterocycles. The Morgan fingerprint density at radius 1 is 1.22 bits per heavy atom. The topological polar surface area (TPSA) is 66.4 Å². The molecule has 0 unspecified atom stereocenters. The molecule has 0 radical (unpaired) electrons. The second kappa shape index (κ2) is 5.91. The maximum absolute atomic E-state index is 11.6. The monoisotopic (exact) mass is 267 g/mol. The molecule has 0 atom stereocenters. The number of hydrogen-bond acceptors (Lipinski definition) is 3. The van der Waals surface area contributed by atoms with E-state index in [4.69, 9.17) is 5.11 Å². The molecule has 1 amide bonds. The number of thioether (sulfide) groups is 1. The second-order valence-corrected chi connectivity index (χ2v) is 6.63. The Hall–Kier alpha value is -1.49. The average molecular weight is 267 g/mol. The Morgan fingerprint density at radius 3 is 2.22 bits per heavy atom. The Balaban J connectivity index is 2.52. The van der Waals surface area contributed by atoms with Crippen LogP contribution in [0.4, 0.5) is 5.69 Å². The molecule has 1 rings (SSSR count). The van der Waals surface area contributed by atoms with E-state index in [0.717, 1.165) is 0 Å². The molecular formula is C13H17NO3S. The first kappa shape index (κ1) is 14.6. The number of carbonyl (C=O) groups is 2. The number of aromatic carboxylic acids is 1. The van der Waals surface area contributed by atoms with Crippen molar-refractivity contribution in [1.29, 1.82) is 0 Å². The van der Waals surface area contributed by atoms with Gasteiger partial charge in [0.05, 0.1) is 11.3 Å². The third kappa shape index (κ3) is 5.23. The van der Waals surface area contributed by atoms with Crippen LogP contribution in [0.15, 0.2) is 24.3 Å². The number of carbonyl (C=O) groups excluding carboxylic acids is 1. The van der Waals surface area contributed by atoms with Crippen LogP contribution in [-0.4, -0.2) is 27.5 Å². The highest BCUT2D eigenvalue weighted by atomic mass is 32.2. The molecule has 4 nitrogen and oxygen atoms in total. The molecule has 1 aromatic carbocycles. The van der Waals surface area contributed by atoms with E-state index in [1.165, 1.54) is 12.1 Å². The molecule has 1 aromatic rings. The predicted octanol–water partition coefficient (Wildman–Crippen LogP) is 2.86. The van der Waals surface area contributed by atoms with Crippen molar-refractivity contribution in [3.63, 3.8) is 0 Å². The van der Waals surface area contributed by atoms with Crippen molar-refractivity contribution in [2.24, 2.45) is 0 Å². The van der Waals surface area contributed by atoms with Crippen LogP contribution in [-0.2, 0) is 4.79 Å². The third-order valence-corrected chi connectivity index (χ3v) is 3.32. The van der Waals surface area contributed by atoms with E-state index >= 15 is 0 Å². The zero-order valence-electron chi connectivity index (χ0n) is 10.7. The number of nitrogens with one attached hydrogen (secondary N) is 1. The fourth-order valence-electron chi connectivity index (χ4n) is 1.18. The summed E-state index contributed by atoms with van der Waals surface area (Å²) in [6, 6.07) is 6.11. The number of amides is 1. The van der Waals surface area contributed by atoms with E-state index in [2.05, 4.69) is 5.32 Å². The summed E-state index contributed by atoms with van der Waals surface area (Å²) >= 11 is 1.56. The lowest BCUT2D eigenvalue weighted by molar-refractivity contribution is -0.113. The van der Waals surface area contributed by atoms with E-state index < -0.39 is 5.97 Å². The highest BCUT2D eigenvalue weighted by molar-refractivity contribution is 8.01. The van der Waals surface area contributed by atoms with Crippen LogP contribution in [0.5, 0.6) is 0 Å². The third-order valence-electron chi connectivity index (χ3n) is 2.05. The normalized spacial score (nSPS) is 11.1. The van der Waals surface area contributed by atoms with E-state index in [9.17, 15) is 9.59 Å². The maximum Gasteiger partial charge on any atom is 0.335 e. The highest BCUT2D eigenvalue weighted by Gasteiger charge is 2.13. The van der Waals surface area contributed by atoms with E-state index in [0.29, 0.717) is 11.4 Å². The number of carboxylic acids is 1. The van der Waals surface area contributed by atoms with Gasteiger partial charge in [0.2, 0.25) is 5.91 Å². The molecule has 5 heteroatoms. The molecule has 0 aromatic heterocycles. The molecule has 98 valence electrons. The Bertz CT molecular complexity index is 435. The highest BCUT2D eigenvalue weighted by Crippen LogP contribution is 2.23. The largest absolute Gasteiger partial charge is 0.478 e. The van der Waals surface area contributed by atoms with Gasteiger partial charge in [-0.25, -0.2) is 4.79 Å². The number of carboxylic acid groups (broad SMARTS) is 1. The summed E-state index contributed by atoms with van der Waals surface area (Å²) in [5.41, 5.74) is 0.816. The minimum atomic E-state index is -0.976. The van der Waals surface area contributed by atoms with Gasteiger partial charge in [-0.2, -0.15) is 0 Å². The second-order valence-electron chi connectivity index (χ2n) is 4.83. The first-order valence-corrected chi connectivity index (χ1v) is 6.54. The summed E-state index contributed by atoms with van der Waals surface area (Å²) in [6.07, 6.45) is 0. The van der Waals surface area contributed by atoms with Gasteiger partial charge in [0.25, 0.3) is 0 Å².